The van der Waals surface area contributed by atoms with Crippen LogP contribution in [0.15, 0.2) is 60.7 Å². The highest BCUT2D eigenvalue weighted by molar-refractivity contribution is 5.78. The highest BCUT2D eigenvalue weighted by Crippen LogP contribution is 2.29. The summed E-state index contributed by atoms with van der Waals surface area (Å²) in [6, 6.07) is 19.9. The summed E-state index contributed by atoms with van der Waals surface area (Å²) in [5.74, 6) is 0.758. The number of hydrogen-bond donors (Lipinski definition) is 1. The van der Waals surface area contributed by atoms with Crippen LogP contribution >= 0.6 is 0 Å². The van der Waals surface area contributed by atoms with E-state index in [0.717, 1.165) is 53.6 Å². The summed E-state index contributed by atoms with van der Waals surface area (Å²) < 4.78 is 5.93. The third-order valence-corrected chi connectivity index (χ3v) is 4.77. The highest BCUT2D eigenvalue weighted by Gasteiger charge is 2.22. The lowest BCUT2D eigenvalue weighted by atomic mass is 9.90. The van der Waals surface area contributed by atoms with Crippen molar-refractivity contribution in [3.05, 3.63) is 71.9 Å². The molecule has 0 amide bonds. The van der Waals surface area contributed by atoms with Crippen molar-refractivity contribution in [3.8, 4) is 5.75 Å². The number of aromatic nitrogens is 1. The van der Waals surface area contributed by atoms with Gasteiger partial charge in [-0.25, -0.2) is 4.98 Å². The minimum atomic E-state index is -0.824. The normalized spacial score (nSPS) is 13.5. The standard InChI is InChI=1S/C23H27NO2/c1-3-4-7-15-23(2,25)19-10-8-11-21(16-19)26-17-20-14-13-18-9-5-6-12-22(18)24-20/h5-6,8-14,16,25H,3-4,7,15,17H2,1-2H3. The molecule has 0 radical (unpaired) electrons. The van der Waals surface area contributed by atoms with Gasteiger partial charge in [0.1, 0.15) is 12.4 Å². The third-order valence-electron chi connectivity index (χ3n) is 4.77. The monoisotopic (exact) mass is 349 g/mol. The maximum atomic E-state index is 10.8. The largest absolute Gasteiger partial charge is 0.487 e. The molecule has 3 aromatic rings. The summed E-state index contributed by atoms with van der Waals surface area (Å²) in [6.07, 6.45) is 4.07. The number of pyridine rings is 1. The molecule has 1 heterocycles. The van der Waals surface area contributed by atoms with Crippen molar-refractivity contribution >= 4 is 10.9 Å². The molecule has 3 heteroatoms. The third kappa shape index (κ3) is 4.61. The fourth-order valence-electron chi connectivity index (χ4n) is 3.13. The van der Waals surface area contributed by atoms with Crippen LogP contribution in [0.2, 0.25) is 0 Å². The molecule has 1 aromatic heterocycles. The molecule has 26 heavy (non-hydrogen) atoms. The Labute approximate surface area is 155 Å². The van der Waals surface area contributed by atoms with Crippen molar-refractivity contribution in [2.24, 2.45) is 0 Å². The number of ether oxygens (including phenoxy) is 1. The Balaban J connectivity index is 1.68. The van der Waals surface area contributed by atoms with Gasteiger partial charge in [-0.3, -0.25) is 0 Å². The van der Waals surface area contributed by atoms with Gasteiger partial charge in [0.2, 0.25) is 0 Å². The Morgan fingerprint density at radius 1 is 1.00 bits per heavy atom. The van der Waals surface area contributed by atoms with Gasteiger partial charge in [-0.2, -0.15) is 0 Å². The maximum absolute atomic E-state index is 10.8. The number of para-hydroxylation sites is 1. The van der Waals surface area contributed by atoms with E-state index < -0.39 is 5.60 Å². The van der Waals surface area contributed by atoms with Gasteiger partial charge in [-0.15, -0.1) is 0 Å². The summed E-state index contributed by atoms with van der Waals surface area (Å²) >= 11 is 0. The van der Waals surface area contributed by atoms with E-state index in [9.17, 15) is 5.11 Å². The van der Waals surface area contributed by atoms with Crippen LogP contribution in [0.4, 0.5) is 0 Å². The van der Waals surface area contributed by atoms with E-state index in [4.69, 9.17) is 4.74 Å². The van der Waals surface area contributed by atoms with Crippen LogP contribution in [0.3, 0.4) is 0 Å². The van der Waals surface area contributed by atoms with Crippen molar-refractivity contribution in [2.45, 2.75) is 51.7 Å². The van der Waals surface area contributed by atoms with Crippen LogP contribution in [0.25, 0.3) is 10.9 Å². The molecular formula is C23H27NO2. The zero-order valence-corrected chi connectivity index (χ0v) is 15.6. The molecule has 0 bridgehead atoms. The molecule has 3 nitrogen and oxygen atoms in total. The quantitative estimate of drug-likeness (QED) is 0.538. The van der Waals surface area contributed by atoms with Crippen LogP contribution in [-0.2, 0) is 12.2 Å². The van der Waals surface area contributed by atoms with Crippen LogP contribution < -0.4 is 4.74 Å². The predicted octanol–water partition coefficient (Wildman–Crippen LogP) is 5.60. The molecule has 2 aromatic carbocycles. The molecule has 0 aliphatic carbocycles. The second-order valence-electron chi connectivity index (χ2n) is 7.04. The van der Waals surface area contributed by atoms with E-state index >= 15 is 0 Å². The Bertz CT molecular complexity index is 857. The fourth-order valence-corrected chi connectivity index (χ4v) is 3.13. The van der Waals surface area contributed by atoms with E-state index in [-0.39, 0.29) is 0 Å². The highest BCUT2D eigenvalue weighted by atomic mass is 16.5. The Kier molecular flexibility index (Phi) is 5.89. The molecule has 0 aliphatic rings. The number of nitrogens with zero attached hydrogens (tertiary/aromatic N) is 1. The second kappa shape index (κ2) is 8.33. The summed E-state index contributed by atoms with van der Waals surface area (Å²) in [7, 11) is 0. The zero-order valence-electron chi connectivity index (χ0n) is 15.6. The predicted molar refractivity (Wildman–Crippen MR) is 106 cm³/mol. The van der Waals surface area contributed by atoms with E-state index in [0.29, 0.717) is 6.61 Å². The average Bonchev–Trinajstić information content (AvgIpc) is 2.66. The second-order valence-corrected chi connectivity index (χ2v) is 7.04. The molecule has 0 saturated carbocycles. The molecule has 0 spiro atoms. The van der Waals surface area contributed by atoms with Crippen molar-refractivity contribution < 1.29 is 9.84 Å². The molecule has 0 aliphatic heterocycles. The minimum Gasteiger partial charge on any atom is -0.487 e. The van der Waals surface area contributed by atoms with E-state index in [2.05, 4.69) is 24.0 Å². The number of benzene rings is 2. The molecule has 1 N–H and O–H groups in total. The van der Waals surface area contributed by atoms with E-state index in [1.807, 2.05) is 55.5 Å². The van der Waals surface area contributed by atoms with Gasteiger partial charge in [0, 0.05) is 5.39 Å². The van der Waals surface area contributed by atoms with Gasteiger partial charge in [-0.1, -0.05) is 62.6 Å². The Morgan fingerprint density at radius 2 is 1.85 bits per heavy atom. The molecule has 0 fully saturated rings. The van der Waals surface area contributed by atoms with Gasteiger partial charge < -0.3 is 9.84 Å². The lowest BCUT2D eigenvalue weighted by molar-refractivity contribution is 0.0447. The molecule has 136 valence electrons. The van der Waals surface area contributed by atoms with Crippen molar-refractivity contribution in [1.29, 1.82) is 0 Å². The number of rotatable bonds is 8. The van der Waals surface area contributed by atoms with Gasteiger partial charge in [0.05, 0.1) is 16.8 Å². The van der Waals surface area contributed by atoms with Crippen LogP contribution in [0.1, 0.15) is 50.8 Å². The summed E-state index contributed by atoms with van der Waals surface area (Å²) in [6.45, 7) is 4.46. The van der Waals surface area contributed by atoms with Gasteiger partial charge >= 0.3 is 0 Å². The number of fused-ring (bicyclic) bond motifs is 1. The van der Waals surface area contributed by atoms with Crippen LogP contribution in [0.5, 0.6) is 5.75 Å². The first-order valence-corrected chi connectivity index (χ1v) is 9.39. The van der Waals surface area contributed by atoms with Gasteiger partial charge in [0.15, 0.2) is 0 Å². The molecular weight excluding hydrogens is 322 g/mol. The van der Waals surface area contributed by atoms with Crippen LogP contribution in [-0.4, -0.2) is 10.1 Å². The van der Waals surface area contributed by atoms with Crippen molar-refractivity contribution in [1.82, 2.24) is 4.98 Å². The SMILES string of the molecule is CCCCCC(C)(O)c1cccc(OCc2ccc3ccccc3n2)c1. The number of hydrogen-bond acceptors (Lipinski definition) is 3. The smallest absolute Gasteiger partial charge is 0.130 e. The summed E-state index contributed by atoms with van der Waals surface area (Å²) in [5.41, 5.74) is 1.94. The zero-order chi connectivity index (χ0) is 18.4. The van der Waals surface area contributed by atoms with E-state index in [1.165, 1.54) is 0 Å². The molecule has 3 rings (SSSR count). The first-order chi connectivity index (χ1) is 12.6. The van der Waals surface area contributed by atoms with Gasteiger partial charge in [0.25, 0.3) is 0 Å². The maximum Gasteiger partial charge on any atom is 0.130 e. The first kappa shape index (κ1) is 18.4. The number of aliphatic hydroxyl groups is 1. The lowest BCUT2D eigenvalue weighted by Crippen LogP contribution is -2.21. The minimum absolute atomic E-state index is 0.409. The average molecular weight is 349 g/mol. The summed E-state index contributed by atoms with van der Waals surface area (Å²) in [4.78, 5) is 4.64. The first-order valence-electron chi connectivity index (χ1n) is 9.39. The molecule has 1 unspecified atom stereocenters. The van der Waals surface area contributed by atoms with Crippen molar-refractivity contribution in [3.63, 3.8) is 0 Å². The fraction of sp³-hybridized carbons (Fsp3) is 0.348. The van der Waals surface area contributed by atoms with Gasteiger partial charge in [-0.05, 0) is 43.2 Å². The Morgan fingerprint density at radius 3 is 2.69 bits per heavy atom. The summed E-state index contributed by atoms with van der Waals surface area (Å²) in [5, 5.41) is 11.9. The Hall–Kier alpha value is -2.39. The topological polar surface area (TPSA) is 42.4 Å². The van der Waals surface area contributed by atoms with Crippen LogP contribution in [0, 0.1) is 0 Å². The van der Waals surface area contributed by atoms with E-state index in [1.54, 1.807) is 0 Å². The van der Waals surface area contributed by atoms with Crippen molar-refractivity contribution in [2.75, 3.05) is 0 Å². The molecule has 0 saturated heterocycles. The lowest BCUT2D eigenvalue weighted by Gasteiger charge is -2.24. The molecule has 1 atom stereocenters. The number of unbranched alkanes of at least 4 members (excludes halogenated alkanes) is 2.